The summed E-state index contributed by atoms with van der Waals surface area (Å²) >= 11 is 0. The number of aromatic hydroxyl groups is 20. The highest BCUT2D eigenvalue weighted by Gasteiger charge is 2.25. The highest BCUT2D eigenvalue weighted by atomic mass is 16.3. The van der Waals surface area contributed by atoms with Crippen molar-refractivity contribution in [2.24, 2.45) is 0 Å². The maximum Gasteiger partial charge on any atom is 0.119 e. The van der Waals surface area contributed by atoms with Crippen LogP contribution in [0.1, 0.15) is 111 Å². The van der Waals surface area contributed by atoms with E-state index in [4.69, 9.17) is 0 Å². The van der Waals surface area contributed by atoms with Gasteiger partial charge < -0.3 is 102 Å². The second-order valence-electron chi connectivity index (χ2n) is 32.8. The third-order valence-electron chi connectivity index (χ3n) is 23.4. The number of pyridine rings is 8. The Labute approximate surface area is 790 Å². The molecule has 20 N–H and O–H groups in total. The predicted molar refractivity (Wildman–Crippen MR) is 516 cm³/mol. The summed E-state index contributed by atoms with van der Waals surface area (Å²) in [6.07, 6.45) is 28.0. The van der Waals surface area contributed by atoms with Gasteiger partial charge in [0, 0.05) is 275 Å². The quantitative estimate of drug-likeness (QED) is 0.0728. The minimum Gasteiger partial charge on any atom is -0.508 e. The Kier molecular flexibility index (Phi) is 29.1. The second-order valence-corrected chi connectivity index (χ2v) is 32.8. The lowest BCUT2D eigenvalue weighted by molar-refractivity contribution is 0.441. The molecule has 138 heavy (non-hydrogen) atoms. The minimum atomic E-state index is -0.212. The number of hydrogen-bond acceptors (Lipinski definition) is 28. The molecular formula is C110H92N8O20. The average Bonchev–Trinajstić information content (AvgIpc) is 1.56. The van der Waals surface area contributed by atoms with Crippen LogP contribution in [0.2, 0.25) is 0 Å². The molecular weight excluding hydrogens is 1750 g/mol. The number of nitrogens with zero attached hydrogens (tertiary/aromatic N) is 8. The molecule has 0 unspecified atom stereocenters. The molecule has 20 aliphatic rings. The molecule has 38 rings (SSSR count). The van der Waals surface area contributed by atoms with Crippen molar-refractivity contribution in [3.8, 4) is 159 Å². The van der Waals surface area contributed by atoms with Gasteiger partial charge in [-0.15, -0.1) is 0 Å². The molecule has 8 heterocycles. The molecule has 20 aliphatic carbocycles. The van der Waals surface area contributed by atoms with Crippen LogP contribution < -0.4 is 0 Å². The standard InChI is InChI=1S/2C35H30O10.4C10H8N2/c2*36-26-8-18-2-20-10-32(42)22(12-30(20)40)4-24-14-35(45)25(15-34(24)44)5-23-13-31(41)21(11-33(23)43)3-19-9-27(37)17(7-29(19)39)1-16(26)6-28(18)38;4*1-5-11-6-2-9(1)10-3-7-12-8-4-10/h2*6-15,36-45H,1-5H2;4*1-8H. The van der Waals surface area contributed by atoms with Gasteiger partial charge in [0.25, 0.3) is 0 Å². The van der Waals surface area contributed by atoms with Gasteiger partial charge in [-0.2, -0.15) is 0 Å². The van der Waals surface area contributed by atoms with Gasteiger partial charge in [-0.05, 0) is 263 Å². The van der Waals surface area contributed by atoms with Crippen molar-refractivity contribution >= 4 is 0 Å². The fourth-order valence-electron chi connectivity index (χ4n) is 15.9. The molecule has 0 saturated heterocycles. The van der Waals surface area contributed by atoms with Crippen LogP contribution in [0.15, 0.2) is 318 Å². The molecule has 0 radical (unpaired) electrons. The summed E-state index contributed by atoms with van der Waals surface area (Å²) in [5.41, 5.74) is 14.4. The van der Waals surface area contributed by atoms with Gasteiger partial charge in [0.1, 0.15) is 115 Å². The molecule has 0 fully saturated rings. The Morgan fingerprint density at radius 3 is 0.217 bits per heavy atom. The molecule has 0 atom stereocenters. The first-order valence-electron chi connectivity index (χ1n) is 43.2. The molecule has 8 aromatic heterocycles. The molecule has 28 nitrogen and oxygen atoms in total. The number of rotatable bonds is 4. The van der Waals surface area contributed by atoms with Gasteiger partial charge in [-0.1, -0.05) is 0 Å². The van der Waals surface area contributed by atoms with E-state index in [-0.39, 0.29) is 290 Å². The summed E-state index contributed by atoms with van der Waals surface area (Å²) in [5.74, 6) is -4.24. The van der Waals surface area contributed by atoms with Crippen LogP contribution in [0, 0.1) is 0 Å². The highest BCUT2D eigenvalue weighted by molar-refractivity contribution is 5.67. The van der Waals surface area contributed by atoms with E-state index < -0.39 is 0 Å². The average molecular weight is 1850 g/mol. The Morgan fingerprint density at radius 2 is 0.159 bits per heavy atom. The molecule has 0 aliphatic heterocycles. The third kappa shape index (κ3) is 23.3. The van der Waals surface area contributed by atoms with E-state index in [0.717, 1.165) is 0 Å². The fourth-order valence-corrected chi connectivity index (χ4v) is 15.9. The van der Waals surface area contributed by atoms with Crippen molar-refractivity contribution in [2.45, 2.75) is 64.2 Å². The summed E-state index contributed by atoms with van der Waals surface area (Å²) in [7, 11) is 0. The van der Waals surface area contributed by atoms with Gasteiger partial charge in [0.05, 0.1) is 0 Å². The van der Waals surface area contributed by atoms with Crippen LogP contribution in [0.5, 0.6) is 115 Å². The van der Waals surface area contributed by atoms with Crippen LogP contribution >= 0.6 is 0 Å². The zero-order valence-corrected chi connectivity index (χ0v) is 73.6. The van der Waals surface area contributed by atoms with E-state index in [1.165, 1.54) is 166 Å². The lowest BCUT2D eigenvalue weighted by Gasteiger charge is -2.15. The summed E-state index contributed by atoms with van der Waals surface area (Å²) in [4.78, 5) is 31.6. The molecule has 0 amide bonds. The number of phenolic OH excluding ortho intramolecular Hbond substituents is 20. The Morgan fingerprint density at radius 1 is 0.101 bits per heavy atom. The van der Waals surface area contributed by atoms with E-state index in [2.05, 4.69) is 39.9 Å². The number of phenols is 20. The molecule has 0 spiro atoms. The molecule has 28 heteroatoms. The maximum atomic E-state index is 10.8. The van der Waals surface area contributed by atoms with E-state index in [1.54, 1.807) is 99.1 Å². The monoisotopic (exact) mass is 1840 g/mol. The largest absolute Gasteiger partial charge is 0.508 e. The second kappa shape index (κ2) is 42.7. The fraction of sp³-hybridized carbons (Fsp3) is 0.0909. The van der Waals surface area contributed by atoms with Crippen LogP contribution in [0.25, 0.3) is 44.5 Å². The van der Waals surface area contributed by atoms with Crippen molar-refractivity contribution < 1.29 is 102 Å². The first-order chi connectivity index (χ1) is 66.6. The predicted octanol–water partition coefficient (Wildman–Crippen LogP) is 18.6. The normalized spacial score (nSPS) is 11.8. The van der Waals surface area contributed by atoms with Crippen molar-refractivity contribution in [1.29, 1.82) is 0 Å². The molecule has 0 saturated carbocycles. The van der Waals surface area contributed by atoms with E-state index in [0.29, 0.717) is 0 Å². The number of aromatic nitrogens is 8. The molecule has 18 aromatic rings. The van der Waals surface area contributed by atoms with Crippen molar-refractivity contribution in [2.75, 3.05) is 0 Å². The number of hydrogen-bond donors (Lipinski definition) is 20. The first kappa shape index (κ1) is 94.1. The Bertz CT molecular complexity index is 5690. The maximum absolute atomic E-state index is 10.8. The summed E-state index contributed by atoms with van der Waals surface area (Å²) in [5, 5.41) is 215. The van der Waals surface area contributed by atoms with Crippen LogP contribution in [-0.2, 0) is 64.2 Å². The highest BCUT2D eigenvalue weighted by Crippen LogP contribution is 2.45. The Hall–Kier alpha value is -18.6. The van der Waals surface area contributed by atoms with Gasteiger partial charge in [-0.3, -0.25) is 39.9 Å². The zero-order chi connectivity index (χ0) is 97.2. The lowest BCUT2D eigenvalue weighted by atomic mass is 9.94. The van der Waals surface area contributed by atoms with Gasteiger partial charge in [0.2, 0.25) is 0 Å². The zero-order valence-electron chi connectivity index (χ0n) is 73.6. The molecule has 20 bridgehead atoms. The lowest BCUT2D eigenvalue weighted by Crippen LogP contribution is -1.97. The SMILES string of the molecule is Oc1cc2c(O)cc1Cc1cc(O)c(cc1O)Cc1cc(O)c(cc1O)Cc1cc(O)c(cc1O)Cc1cc(O)c(cc1O)C2.Oc1cc2c(O)cc1Cc1cc(O)c(cc1O)Cc1cc(O)c(cc1O)Cc1cc(O)c(cc1O)Cc1cc(O)c(cc1O)C2.c1cc(-c2ccncc2)ccn1.c1cc(-c2ccncc2)ccn1.c1cc(-c2ccncc2)ccn1.c1cc(-c2ccncc2)ccn1. The van der Waals surface area contributed by atoms with Crippen LogP contribution in [0.4, 0.5) is 0 Å². The minimum absolute atomic E-state index is 0.0553. The van der Waals surface area contributed by atoms with E-state index in [9.17, 15) is 102 Å². The van der Waals surface area contributed by atoms with E-state index >= 15 is 0 Å². The smallest absolute Gasteiger partial charge is 0.119 e. The van der Waals surface area contributed by atoms with Gasteiger partial charge in [0.15, 0.2) is 0 Å². The topological polar surface area (TPSA) is 508 Å². The van der Waals surface area contributed by atoms with Crippen LogP contribution in [-0.4, -0.2) is 142 Å². The number of benzene rings is 10. The van der Waals surface area contributed by atoms with Crippen molar-refractivity contribution in [3.63, 3.8) is 0 Å². The summed E-state index contributed by atoms with van der Waals surface area (Å²) in [6, 6.07) is 57.9. The van der Waals surface area contributed by atoms with Gasteiger partial charge >= 0.3 is 0 Å². The molecule has 692 valence electrons. The van der Waals surface area contributed by atoms with Crippen LogP contribution in [0.3, 0.4) is 0 Å². The Balaban J connectivity index is 0.000000141. The van der Waals surface area contributed by atoms with Crippen molar-refractivity contribution in [1.82, 2.24) is 39.9 Å². The summed E-state index contributed by atoms with van der Waals surface area (Å²) in [6.45, 7) is 0. The molecule has 10 aromatic carbocycles. The van der Waals surface area contributed by atoms with E-state index in [1.807, 2.05) is 97.1 Å². The van der Waals surface area contributed by atoms with Crippen molar-refractivity contribution in [3.05, 3.63) is 429 Å². The summed E-state index contributed by atoms with van der Waals surface area (Å²) < 4.78 is 0. The third-order valence-corrected chi connectivity index (χ3v) is 23.4. The first-order valence-corrected chi connectivity index (χ1v) is 43.2. The van der Waals surface area contributed by atoms with Gasteiger partial charge in [-0.25, -0.2) is 0 Å².